The molecular weight excluding hydrogens is 663 g/mol. The number of rotatable bonds is 4. The smallest absolute Gasteiger partial charge is 0.165 e. The zero-order chi connectivity index (χ0) is 33.5. The highest BCUT2D eigenvalue weighted by Crippen LogP contribution is 2.43. The summed E-state index contributed by atoms with van der Waals surface area (Å²) in [5.74, 6) is 1.90. The van der Waals surface area contributed by atoms with Crippen molar-refractivity contribution in [2.45, 2.75) is 0 Å². The third-order valence-electron chi connectivity index (χ3n) is 9.76. The van der Waals surface area contributed by atoms with Crippen molar-refractivity contribution >= 4 is 85.0 Å². The molecule has 4 heterocycles. The Labute approximate surface area is 299 Å². The zero-order valence-corrected chi connectivity index (χ0v) is 28.6. The lowest BCUT2D eigenvalue weighted by Crippen LogP contribution is -2.00. The van der Waals surface area contributed by atoms with Gasteiger partial charge in [0.25, 0.3) is 0 Å². The molecule has 51 heavy (non-hydrogen) atoms. The maximum atomic E-state index is 6.50. The monoisotopic (exact) mass is 687 g/mol. The summed E-state index contributed by atoms with van der Waals surface area (Å²) in [4.78, 5) is 15.2. The second-order valence-corrected chi connectivity index (χ2v) is 14.9. The van der Waals surface area contributed by atoms with Gasteiger partial charge >= 0.3 is 0 Å². The van der Waals surface area contributed by atoms with E-state index in [0.717, 1.165) is 38.6 Å². The SMILES string of the molecule is c1ccc(-c2nc(-c3ccc4c(c3)oc3ccc(-c5cccc6sc7ccccc7c56)cc34)nc(-c3cccc4c3sc3ccccc34)n2)cc1. The molecule has 0 saturated heterocycles. The van der Waals surface area contributed by atoms with Gasteiger partial charge < -0.3 is 4.42 Å². The molecule has 0 saturated carbocycles. The van der Waals surface area contributed by atoms with Crippen molar-refractivity contribution in [3.8, 4) is 45.3 Å². The molecule has 11 aromatic rings. The first-order valence-corrected chi connectivity index (χ1v) is 18.5. The van der Waals surface area contributed by atoms with Gasteiger partial charge in [0.15, 0.2) is 17.5 Å². The molecule has 0 spiro atoms. The lowest BCUT2D eigenvalue weighted by Gasteiger charge is -2.09. The molecule has 0 unspecified atom stereocenters. The summed E-state index contributed by atoms with van der Waals surface area (Å²) in [7, 11) is 0. The van der Waals surface area contributed by atoms with E-state index in [-0.39, 0.29) is 0 Å². The molecule has 0 atom stereocenters. The Morgan fingerprint density at radius 1 is 0.373 bits per heavy atom. The van der Waals surface area contributed by atoms with Gasteiger partial charge in [-0.05, 0) is 59.7 Å². The fraction of sp³-hybridized carbons (Fsp3) is 0. The summed E-state index contributed by atoms with van der Waals surface area (Å²) in [6, 6.07) is 53.2. The molecule has 0 aliphatic carbocycles. The van der Waals surface area contributed by atoms with Crippen molar-refractivity contribution in [1.82, 2.24) is 15.0 Å². The highest BCUT2D eigenvalue weighted by molar-refractivity contribution is 7.26. The maximum absolute atomic E-state index is 6.50. The predicted molar refractivity (Wildman–Crippen MR) is 215 cm³/mol. The standard InChI is InChI=1S/C45H25N3OS2/c1-2-10-26(11-3-1)43-46-44(48-45(47-43)34-16-8-15-32-31-12-4-6-17-38(31)51-42(32)34)28-20-22-30-35-24-27(21-23-36(35)49-37(30)25-28)29-14-9-19-40-41(29)33-13-5-7-18-39(33)50-40/h1-25H. The summed E-state index contributed by atoms with van der Waals surface area (Å²) in [6.45, 7) is 0. The number of aromatic nitrogens is 3. The largest absolute Gasteiger partial charge is 0.456 e. The Morgan fingerprint density at radius 2 is 1.04 bits per heavy atom. The molecule has 6 heteroatoms. The molecular formula is C45H25N3OS2. The van der Waals surface area contributed by atoms with Crippen molar-refractivity contribution in [1.29, 1.82) is 0 Å². The molecule has 0 fully saturated rings. The first-order chi connectivity index (χ1) is 25.2. The highest BCUT2D eigenvalue weighted by Gasteiger charge is 2.18. The minimum atomic E-state index is 0.607. The van der Waals surface area contributed by atoms with Gasteiger partial charge in [0, 0.05) is 67.8 Å². The fourth-order valence-electron chi connectivity index (χ4n) is 7.36. The number of thiophene rings is 2. The first kappa shape index (κ1) is 28.6. The van der Waals surface area contributed by atoms with E-state index in [9.17, 15) is 0 Å². The van der Waals surface area contributed by atoms with Crippen LogP contribution in [0.4, 0.5) is 0 Å². The lowest BCUT2D eigenvalue weighted by atomic mass is 9.98. The summed E-state index contributed by atoms with van der Waals surface area (Å²) in [5, 5.41) is 7.20. The molecule has 4 aromatic heterocycles. The van der Waals surface area contributed by atoms with Gasteiger partial charge in [-0.3, -0.25) is 0 Å². The number of fused-ring (bicyclic) bond motifs is 9. The van der Waals surface area contributed by atoms with Crippen LogP contribution in [0, 0.1) is 0 Å². The van der Waals surface area contributed by atoms with Crippen LogP contribution in [0.3, 0.4) is 0 Å². The van der Waals surface area contributed by atoms with Crippen LogP contribution in [-0.4, -0.2) is 15.0 Å². The number of hydrogen-bond donors (Lipinski definition) is 0. The average Bonchev–Trinajstić information content (AvgIpc) is 3.88. The number of hydrogen-bond acceptors (Lipinski definition) is 6. The van der Waals surface area contributed by atoms with Crippen molar-refractivity contribution < 1.29 is 4.42 Å². The van der Waals surface area contributed by atoms with Crippen LogP contribution in [-0.2, 0) is 0 Å². The Hall–Kier alpha value is -6.21. The van der Waals surface area contributed by atoms with E-state index in [0.29, 0.717) is 17.5 Å². The molecule has 0 N–H and O–H groups in total. The minimum absolute atomic E-state index is 0.607. The van der Waals surface area contributed by atoms with Crippen LogP contribution >= 0.6 is 22.7 Å². The summed E-state index contributed by atoms with van der Waals surface area (Å²) >= 11 is 3.62. The normalized spacial score (nSPS) is 11.9. The molecule has 0 amide bonds. The van der Waals surface area contributed by atoms with Crippen LogP contribution < -0.4 is 0 Å². The number of nitrogens with zero attached hydrogens (tertiary/aromatic N) is 3. The predicted octanol–water partition coefficient (Wildman–Crippen LogP) is 13.2. The Kier molecular flexibility index (Phi) is 6.26. The molecule has 7 aromatic carbocycles. The first-order valence-electron chi connectivity index (χ1n) is 16.8. The number of benzene rings is 7. The topological polar surface area (TPSA) is 51.8 Å². The van der Waals surface area contributed by atoms with E-state index < -0.39 is 0 Å². The van der Waals surface area contributed by atoms with Gasteiger partial charge in [-0.1, -0.05) is 103 Å². The Bertz CT molecular complexity index is 3160. The van der Waals surface area contributed by atoms with E-state index in [1.54, 1.807) is 11.3 Å². The van der Waals surface area contributed by atoms with Crippen molar-refractivity contribution in [2.24, 2.45) is 0 Å². The lowest BCUT2D eigenvalue weighted by molar-refractivity contribution is 0.669. The second kappa shape index (κ2) is 11.2. The summed E-state index contributed by atoms with van der Waals surface area (Å²) in [5.41, 5.74) is 6.88. The van der Waals surface area contributed by atoms with Crippen LogP contribution in [0.5, 0.6) is 0 Å². The van der Waals surface area contributed by atoms with Gasteiger partial charge in [0.05, 0.1) is 0 Å². The van der Waals surface area contributed by atoms with Crippen LogP contribution in [0.1, 0.15) is 0 Å². The Balaban J connectivity index is 1.07. The zero-order valence-electron chi connectivity index (χ0n) is 27.0. The highest BCUT2D eigenvalue weighted by atomic mass is 32.1. The fourth-order valence-corrected chi connectivity index (χ4v) is 9.71. The Morgan fingerprint density at radius 3 is 1.92 bits per heavy atom. The van der Waals surface area contributed by atoms with Gasteiger partial charge in [0.2, 0.25) is 0 Å². The van der Waals surface area contributed by atoms with Gasteiger partial charge in [-0.25, -0.2) is 15.0 Å². The summed E-state index contributed by atoms with van der Waals surface area (Å²) < 4.78 is 11.5. The van der Waals surface area contributed by atoms with Crippen LogP contribution in [0.15, 0.2) is 156 Å². The average molecular weight is 688 g/mol. The molecule has 0 aliphatic heterocycles. The van der Waals surface area contributed by atoms with E-state index in [1.165, 1.54) is 51.5 Å². The van der Waals surface area contributed by atoms with Crippen molar-refractivity contribution in [3.63, 3.8) is 0 Å². The van der Waals surface area contributed by atoms with Crippen LogP contribution in [0.25, 0.3) is 108 Å². The third kappa shape index (κ3) is 4.54. The summed E-state index contributed by atoms with van der Waals surface area (Å²) in [6.07, 6.45) is 0. The quantitative estimate of drug-likeness (QED) is 0.185. The van der Waals surface area contributed by atoms with E-state index in [1.807, 2.05) is 41.7 Å². The third-order valence-corrected chi connectivity index (χ3v) is 12.1. The minimum Gasteiger partial charge on any atom is -0.456 e. The van der Waals surface area contributed by atoms with Gasteiger partial charge in [-0.2, -0.15) is 0 Å². The molecule has 11 rings (SSSR count). The van der Waals surface area contributed by atoms with E-state index in [4.69, 9.17) is 19.4 Å². The van der Waals surface area contributed by atoms with Crippen molar-refractivity contribution in [3.05, 3.63) is 152 Å². The van der Waals surface area contributed by atoms with Gasteiger partial charge in [-0.15, -0.1) is 22.7 Å². The molecule has 238 valence electrons. The molecule has 0 radical (unpaired) electrons. The van der Waals surface area contributed by atoms with E-state index >= 15 is 0 Å². The second-order valence-electron chi connectivity index (χ2n) is 12.8. The van der Waals surface area contributed by atoms with Crippen molar-refractivity contribution in [2.75, 3.05) is 0 Å². The molecule has 4 nitrogen and oxygen atoms in total. The molecule has 0 bridgehead atoms. The maximum Gasteiger partial charge on any atom is 0.165 e. The number of furan rings is 1. The van der Waals surface area contributed by atoms with E-state index in [2.05, 4.69) is 121 Å². The van der Waals surface area contributed by atoms with Crippen LogP contribution in [0.2, 0.25) is 0 Å². The van der Waals surface area contributed by atoms with Gasteiger partial charge in [0.1, 0.15) is 11.2 Å². The molecule has 0 aliphatic rings.